The summed E-state index contributed by atoms with van der Waals surface area (Å²) in [6.07, 6.45) is 2.49. The molecule has 0 saturated carbocycles. The van der Waals surface area contributed by atoms with Gasteiger partial charge in [0.05, 0.1) is 9.88 Å². The highest BCUT2D eigenvalue weighted by atomic mass is 35.5. The minimum absolute atomic E-state index is 0.0778. The second kappa shape index (κ2) is 6.78. The van der Waals surface area contributed by atoms with Gasteiger partial charge in [0, 0.05) is 23.2 Å². The minimum atomic E-state index is -0.607. The first-order valence-corrected chi connectivity index (χ1v) is 9.60. The van der Waals surface area contributed by atoms with Gasteiger partial charge in [0.2, 0.25) is 5.78 Å². The van der Waals surface area contributed by atoms with Crippen LogP contribution in [0, 0.1) is 13.8 Å². The van der Waals surface area contributed by atoms with Crippen molar-refractivity contribution in [3.05, 3.63) is 85.3 Å². The van der Waals surface area contributed by atoms with Gasteiger partial charge in [0.15, 0.2) is 0 Å². The maximum absolute atomic E-state index is 13.0. The molecule has 1 aromatic heterocycles. The van der Waals surface area contributed by atoms with Crippen LogP contribution in [0.1, 0.15) is 48.7 Å². The molecule has 1 aliphatic heterocycles. The molecule has 2 aromatic carbocycles. The summed E-state index contributed by atoms with van der Waals surface area (Å²) in [5.41, 5.74) is 4.70. The zero-order valence-electron chi connectivity index (χ0n) is 14.5. The molecule has 1 aliphatic rings. The molecule has 0 amide bonds. The molecule has 0 aliphatic carbocycles. The number of benzene rings is 2. The van der Waals surface area contributed by atoms with Gasteiger partial charge in [-0.2, -0.15) is 0 Å². The maximum atomic E-state index is 13.0. The van der Waals surface area contributed by atoms with Gasteiger partial charge in [0.25, 0.3) is 0 Å². The smallest absolute Gasteiger partial charge is 0.211 e. The van der Waals surface area contributed by atoms with Crippen molar-refractivity contribution in [3.63, 3.8) is 0 Å². The number of hydrogen-bond acceptors (Lipinski definition) is 4. The van der Waals surface area contributed by atoms with Crippen LogP contribution in [0.5, 0.6) is 0 Å². The highest BCUT2D eigenvalue weighted by molar-refractivity contribution is 7.13. The van der Waals surface area contributed by atoms with Crippen molar-refractivity contribution in [2.24, 2.45) is 4.99 Å². The monoisotopic (exact) mass is 380 g/mol. The predicted octanol–water partition coefficient (Wildman–Crippen LogP) is 5.36. The number of thiazole rings is 1. The molecule has 1 atom stereocenters. The Morgan fingerprint density at radius 3 is 2.62 bits per heavy atom. The summed E-state index contributed by atoms with van der Waals surface area (Å²) < 4.78 is 0. The molecule has 1 unspecified atom stereocenters. The summed E-state index contributed by atoms with van der Waals surface area (Å²) in [6, 6.07) is 13.3. The highest BCUT2D eigenvalue weighted by Gasteiger charge is 2.32. The van der Waals surface area contributed by atoms with E-state index in [1.165, 1.54) is 22.5 Å². The molecule has 2 heterocycles. The van der Waals surface area contributed by atoms with Crippen molar-refractivity contribution in [1.82, 2.24) is 4.98 Å². The first-order chi connectivity index (χ1) is 12.5. The Morgan fingerprint density at radius 1 is 1.08 bits per heavy atom. The molecule has 26 heavy (non-hydrogen) atoms. The number of hydrogen-bond donors (Lipinski definition) is 0. The summed E-state index contributed by atoms with van der Waals surface area (Å²) in [5, 5.41) is 1.50. The van der Waals surface area contributed by atoms with Crippen molar-refractivity contribution in [2.45, 2.75) is 26.3 Å². The Morgan fingerprint density at radius 2 is 1.85 bits per heavy atom. The Hall–Kier alpha value is -2.30. The van der Waals surface area contributed by atoms with Crippen LogP contribution >= 0.6 is 22.9 Å². The lowest BCUT2D eigenvalue weighted by molar-refractivity contribution is 0.0956. The molecule has 0 spiro atoms. The molecule has 0 fully saturated rings. The molecular weight excluding hydrogens is 364 g/mol. The Labute approximate surface area is 161 Å². The van der Waals surface area contributed by atoms with E-state index in [-0.39, 0.29) is 5.78 Å². The quantitative estimate of drug-likeness (QED) is 0.613. The van der Waals surface area contributed by atoms with Crippen LogP contribution < -0.4 is 0 Å². The molecule has 130 valence electrons. The molecule has 5 heteroatoms. The zero-order chi connectivity index (χ0) is 18.3. The molecule has 0 N–H and O–H groups in total. The van der Waals surface area contributed by atoms with Crippen LogP contribution in [0.4, 0.5) is 0 Å². The molecule has 0 saturated heterocycles. The average molecular weight is 381 g/mol. The number of aryl methyl sites for hydroxylation is 2. The molecule has 4 rings (SSSR count). The second-order valence-electron chi connectivity index (χ2n) is 6.44. The number of carbonyl (C=O) groups excluding carboxylic acids is 1. The van der Waals surface area contributed by atoms with Gasteiger partial charge in [-0.25, -0.2) is 4.98 Å². The highest BCUT2D eigenvalue weighted by Crippen LogP contribution is 2.35. The summed E-state index contributed by atoms with van der Waals surface area (Å²) in [7, 11) is 0. The van der Waals surface area contributed by atoms with Crippen LogP contribution in [-0.2, 0) is 6.42 Å². The predicted molar refractivity (Wildman–Crippen MR) is 107 cm³/mol. The Kier molecular flexibility index (Phi) is 4.47. The number of aliphatic imine (C=N–C) groups is 1. The third-order valence-electron chi connectivity index (χ3n) is 4.67. The lowest BCUT2D eigenvalue weighted by atomic mass is 9.95. The van der Waals surface area contributed by atoms with Crippen molar-refractivity contribution >= 4 is 34.9 Å². The molecule has 3 aromatic rings. The first-order valence-electron chi connectivity index (χ1n) is 8.41. The Bertz CT molecular complexity index is 1020. The van der Waals surface area contributed by atoms with Gasteiger partial charge < -0.3 is 0 Å². The number of Topliss-reactive ketones (excluding diaryl/α,β-unsaturated/α-hetero) is 1. The molecule has 0 bridgehead atoms. The van der Waals surface area contributed by atoms with Crippen LogP contribution in [0.2, 0.25) is 5.02 Å². The van der Waals surface area contributed by atoms with Crippen molar-refractivity contribution in [2.75, 3.05) is 0 Å². The van der Waals surface area contributed by atoms with Crippen LogP contribution in [0.3, 0.4) is 0 Å². The fourth-order valence-electron chi connectivity index (χ4n) is 3.23. The lowest BCUT2D eigenvalue weighted by Crippen LogP contribution is -2.18. The summed E-state index contributed by atoms with van der Waals surface area (Å²) >= 11 is 7.88. The third-order valence-corrected chi connectivity index (χ3v) is 5.99. The van der Waals surface area contributed by atoms with E-state index in [4.69, 9.17) is 11.6 Å². The van der Waals surface area contributed by atoms with Crippen LogP contribution in [-0.4, -0.2) is 17.0 Å². The lowest BCUT2D eigenvalue weighted by Gasteiger charge is -2.17. The summed E-state index contributed by atoms with van der Waals surface area (Å²) in [4.78, 5) is 23.0. The topological polar surface area (TPSA) is 42.3 Å². The standard InChI is InChI=1S/C21H17ClN2OS/c1-12-6-3-4-8-14(12)10-17-24-19-16(26-17)11-23-20(21(19)25)18-13(2)7-5-9-15(18)22/h3-9,11,20H,10H2,1-2H3. The zero-order valence-corrected chi connectivity index (χ0v) is 16.1. The van der Waals surface area contributed by atoms with Crippen molar-refractivity contribution in [1.29, 1.82) is 0 Å². The number of ketones is 1. The van der Waals surface area contributed by atoms with E-state index in [1.54, 1.807) is 12.3 Å². The van der Waals surface area contributed by atoms with Gasteiger partial charge in [-0.1, -0.05) is 48.0 Å². The van der Waals surface area contributed by atoms with E-state index < -0.39 is 6.04 Å². The van der Waals surface area contributed by atoms with E-state index in [2.05, 4.69) is 29.0 Å². The van der Waals surface area contributed by atoms with Gasteiger partial charge in [0.1, 0.15) is 11.7 Å². The second-order valence-corrected chi connectivity index (χ2v) is 7.96. The number of rotatable bonds is 3. The van der Waals surface area contributed by atoms with E-state index in [9.17, 15) is 4.79 Å². The van der Waals surface area contributed by atoms with E-state index >= 15 is 0 Å². The molecule has 3 nitrogen and oxygen atoms in total. The van der Waals surface area contributed by atoms with Gasteiger partial charge in [-0.05, 0) is 36.6 Å². The fraction of sp³-hybridized carbons (Fsp3) is 0.190. The molecule has 0 radical (unpaired) electrons. The van der Waals surface area contributed by atoms with Crippen molar-refractivity contribution < 1.29 is 4.79 Å². The van der Waals surface area contributed by atoms with Gasteiger partial charge in [-0.3, -0.25) is 9.79 Å². The number of nitrogens with zero attached hydrogens (tertiary/aromatic N) is 2. The van der Waals surface area contributed by atoms with Gasteiger partial charge >= 0.3 is 0 Å². The minimum Gasteiger partial charge on any atom is -0.290 e. The van der Waals surface area contributed by atoms with Crippen molar-refractivity contribution in [3.8, 4) is 0 Å². The third kappa shape index (κ3) is 3.00. The number of fused-ring (bicyclic) bond motifs is 1. The largest absolute Gasteiger partial charge is 0.290 e. The SMILES string of the molecule is Cc1ccccc1Cc1nc2c(s1)C=NC(c1c(C)cccc1Cl)C2=O. The van der Waals surface area contributed by atoms with Gasteiger partial charge in [-0.15, -0.1) is 11.3 Å². The Balaban J connectivity index is 1.68. The maximum Gasteiger partial charge on any atom is 0.211 e. The number of halogens is 1. The van der Waals surface area contributed by atoms with Crippen LogP contribution in [0.25, 0.3) is 0 Å². The molecular formula is C21H17ClN2OS. The number of carbonyl (C=O) groups is 1. The van der Waals surface area contributed by atoms with E-state index in [1.807, 2.05) is 31.2 Å². The average Bonchev–Trinajstić information content (AvgIpc) is 3.02. The fourth-order valence-corrected chi connectivity index (χ4v) is 4.53. The first kappa shape index (κ1) is 17.1. The summed E-state index contributed by atoms with van der Waals surface area (Å²) in [6.45, 7) is 4.04. The van der Waals surface area contributed by atoms with E-state index in [0.717, 1.165) is 27.4 Å². The summed E-state index contributed by atoms with van der Waals surface area (Å²) in [5.74, 6) is -0.0778. The van der Waals surface area contributed by atoms with Crippen LogP contribution in [0.15, 0.2) is 47.5 Å². The van der Waals surface area contributed by atoms with E-state index in [0.29, 0.717) is 10.7 Å². The number of aromatic nitrogens is 1. The normalized spacial score (nSPS) is 16.0.